The van der Waals surface area contributed by atoms with E-state index in [1.54, 1.807) is 0 Å². The van der Waals surface area contributed by atoms with Gasteiger partial charge in [0.2, 0.25) is 5.91 Å². The van der Waals surface area contributed by atoms with Crippen LogP contribution in [0.1, 0.15) is 13.3 Å². The monoisotopic (exact) mass is 254 g/mol. The number of likely N-dealkylation sites (N-methyl/N-ethyl adjacent to an activating group) is 1. The Bertz CT molecular complexity index is 289. The molecule has 0 aromatic heterocycles. The fraction of sp³-hybridized carbons (Fsp3) is 0.923. The van der Waals surface area contributed by atoms with Crippen molar-refractivity contribution < 1.29 is 4.79 Å². The first-order valence-electron chi connectivity index (χ1n) is 7.00. The topological polar surface area (TPSA) is 52.8 Å². The number of amides is 1. The van der Waals surface area contributed by atoms with Crippen LogP contribution in [-0.4, -0.2) is 79.5 Å². The van der Waals surface area contributed by atoms with Crippen LogP contribution in [0.2, 0.25) is 0 Å². The van der Waals surface area contributed by atoms with E-state index in [9.17, 15) is 4.79 Å². The summed E-state index contributed by atoms with van der Waals surface area (Å²) in [6, 6.07) is 0.495. The second kappa shape index (κ2) is 5.99. The van der Waals surface area contributed by atoms with E-state index in [1.165, 1.54) is 0 Å². The third kappa shape index (κ3) is 3.22. The van der Waals surface area contributed by atoms with E-state index in [-0.39, 0.29) is 5.91 Å². The van der Waals surface area contributed by atoms with Crippen molar-refractivity contribution in [2.24, 2.45) is 11.7 Å². The van der Waals surface area contributed by atoms with Gasteiger partial charge in [-0.05, 0) is 32.9 Å². The molecule has 0 aromatic carbocycles. The summed E-state index contributed by atoms with van der Waals surface area (Å²) >= 11 is 0. The molecule has 5 heteroatoms. The molecule has 0 spiro atoms. The standard InChI is InChI=1S/C13H26N4O/c1-11-7-12(8-14)9-17(11)10-13(18)16-5-3-15(2)4-6-16/h11-12H,3-10,14H2,1-2H3. The van der Waals surface area contributed by atoms with E-state index in [1.807, 2.05) is 4.90 Å². The Balaban J connectivity index is 1.80. The van der Waals surface area contributed by atoms with Crippen molar-refractivity contribution in [1.29, 1.82) is 0 Å². The molecular formula is C13H26N4O. The molecule has 5 nitrogen and oxygen atoms in total. The summed E-state index contributed by atoms with van der Waals surface area (Å²) < 4.78 is 0. The third-order valence-corrected chi connectivity index (χ3v) is 4.32. The zero-order valence-electron chi connectivity index (χ0n) is 11.6. The van der Waals surface area contributed by atoms with Gasteiger partial charge >= 0.3 is 0 Å². The van der Waals surface area contributed by atoms with Gasteiger partial charge in [0.1, 0.15) is 0 Å². The van der Waals surface area contributed by atoms with Gasteiger partial charge in [0.15, 0.2) is 0 Å². The number of hydrogen-bond donors (Lipinski definition) is 1. The van der Waals surface area contributed by atoms with Crippen LogP contribution in [0.5, 0.6) is 0 Å². The van der Waals surface area contributed by atoms with Crippen LogP contribution in [0.4, 0.5) is 0 Å². The molecule has 104 valence electrons. The molecular weight excluding hydrogens is 228 g/mol. The number of likely N-dealkylation sites (tertiary alicyclic amines) is 1. The SMILES string of the molecule is CC1CC(CN)CN1CC(=O)N1CCN(C)CC1. The maximum Gasteiger partial charge on any atom is 0.236 e. The third-order valence-electron chi connectivity index (χ3n) is 4.32. The number of carbonyl (C=O) groups excluding carboxylic acids is 1. The predicted octanol–water partition coefficient (Wildman–Crippen LogP) is -0.570. The summed E-state index contributed by atoms with van der Waals surface area (Å²) in [4.78, 5) is 18.8. The summed E-state index contributed by atoms with van der Waals surface area (Å²) in [5, 5.41) is 0. The number of nitrogens with zero attached hydrogens (tertiary/aromatic N) is 3. The fourth-order valence-corrected chi connectivity index (χ4v) is 2.94. The largest absolute Gasteiger partial charge is 0.339 e. The molecule has 1 amide bonds. The number of piperazine rings is 1. The molecule has 2 aliphatic heterocycles. The predicted molar refractivity (Wildman–Crippen MR) is 72.3 cm³/mol. The van der Waals surface area contributed by atoms with Crippen LogP contribution in [0.3, 0.4) is 0 Å². The average Bonchev–Trinajstić information content (AvgIpc) is 2.71. The molecule has 0 aliphatic carbocycles. The molecule has 2 fully saturated rings. The second-order valence-electron chi connectivity index (χ2n) is 5.80. The number of hydrogen-bond acceptors (Lipinski definition) is 4. The van der Waals surface area contributed by atoms with Crippen molar-refractivity contribution in [3.63, 3.8) is 0 Å². The van der Waals surface area contributed by atoms with Gasteiger partial charge in [-0.25, -0.2) is 0 Å². The Morgan fingerprint density at radius 1 is 1.28 bits per heavy atom. The lowest BCUT2D eigenvalue weighted by atomic mass is 10.1. The van der Waals surface area contributed by atoms with E-state index in [0.717, 1.165) is 45.7 Å². The highest BCUT2D eigenvalue weighted by atomic mass is 16.2. The molecule has 18 heavy (non-hydrogen) atoms. The molecule has 0 radical (unpaired) electrons. The Kier molecular flexibility index (Phi) is 4.59. The van der Waals surface area contributed by atoms with E-state index >= 15 is 0 Å². The van der Waals surface area contributed by atoms with Gasteiger partial charge in [-0.1, -0.05) is 0 Å². The Labute approximate surface area is 110 Å². The highest BCUT2D eigenvalue weighted by molar-refractivity contribution is 5.78. The van der Waals surface area contributed by atoms with Crippen molar-refractivity contribution in [2.75, 3.05) is 52.9 Å². The molecule has 0 saturated carbocycles. The van der Waals surface area contributed by atoms with Crippen LogP contribution < -0.4 is 5.73 Å². The second-order valence-corrected chi connectivity index (χ2v) is 5.80. The number of rotatable bonds is 3. The minimum absolute atomic E-state index is 0.285. The molecule has 2 aliphatic rings. The summed E-state index contributed by atoms with van der Waals surface area (Å²) in [5.74, 6) is 0.855. The molecule has 0 aromatic rings. The van der Waals surface area contributed by atoms with Crippen LogP contribution in [0.15, 0.2) is 0 Å². The zero-order chi connectivity index (χ0) is 13.1. The van der Waals surface area contributed by atoms with Crippen LogP contribution in [0.25, 0.3) is 0 Å². The van der Waals surface area contributed by atoms with Gasteiger partial charge in [-0.2, -0.15) is 0 Å². The van der Waals surface area contributed by atoms with Gasteiger partial charge in [-0.3, -0.25) is 9.69 Å². The van der Waals surface area contributed by atoms with E-state index in [2.05, 4.69) is 23.8 Å². The molecule has 2 unspecified atom stereocenters. The summed E-state index contributed by atoms with van der Waals surface area (Å²) in [5.41, 5.74) is 5.72. The lowest BCUT2D eigenvalue weighted by molar-refractivity contribution is -0.134. The maximum atomic E-state index is 12.2. The number of nitrogens with two attached hydrogens (primary N) is 1. The van der Waals surface area contributed by atoms with Crippen molar-refractivity contribution >= 4 is 5.91 Å². The van der Waals surface area contributed by atoms with Gasteiger partial charge in [-0.15, -0.1) is 0 Å². The smallest absolute Gasteiger partial charge is 0.236 e. The van der Waals surface area contributed by atoms with Crippen molar-refractivity contribution in [3.05, 3.63) is 0 Å². The van der Waals surface area contributed by atoms with Gasteiger partial charge in [0.25, 0.3) is 0 Å². The van der Waals surface area contributed by atoms with Gasteiger partial charge in [0.05, 0.1) is 6.54 Å². The molecule has 2 heterocycles. The summed E-state index contributed by atoms with van der Waals surface area (Å²) in [6.45, 7) is 8.23. The maximum absolute atomic E-state index is 12.2. The first kappa shape index (κ1) is 13.8. The molecule has 2 saturated heterocycles. The highest BCUT2D eigenvalue weighted by Crippen LogP contribution is 2.21. The van der Waals surface area contributed by atoms with Crippen LogP contribution in [0, 0.1) is 5.92 Å². The first-order chi connectivity index (χ1) is 8.60. The molecule has 2 atom stereocenters. The Morgan fingerprint density at radius 2 is 1.94 bits per heavy atom. The first-order valence-corrected chi connectivity index (χ1v) is 7.00. The minimum atomic E-state index is 0.285. The Morgan fingerprint density at radius 3 is 2.50 bits per heavy atom. The van der Waals surface area contributed by atoms with Crippen LogP contribution >= 0.6 is 0 Å². The summed E-state index contributed by atoms with van der Waals surface area (Å²) in [7, 11) is 2.11. The fourth-order valence-electron chi connectivity index (χ4n) is 2.94. The van der Waals surface area contributed by atoms with Crippen molar-refractivity contribution in [1.82, 2.24) is 14.7 Å². The molecule has 2 rings (SSSR count). The Hall–Kier alpha value is -0.650. The van der Waals surface area contributed by atoms with E-state index < -0.39 is 0 Å². The normalized spacial score (nSPS) is 30.9. The zero-order valence-corrected chi connectivity index (χ0v) is 11.6. The quantitative estimate of drug-likeness (QED) is 0.733. The van der Waals surface area contributed by atoms with Crippen LogP contribution in [-0.2, 0) is 4.79 Å². The highest BCUT2D eigenvalue weighted by Gasteiger charge is 2.30. The van der Waals surface area contributed by atoms with Gasteiger partial charge < -0.3 is 15.5 Å². The average molecular weight is 254 g/mol. The molecule has 0 bridgehead atoms. The van der Waals surface area contributed by atoms with E-state index in [0.29, 0.717) is 18.5 Å². The van der Waals surface area contributed by atoms with Gasteiger partial charge in [0, 0.05) is 38.8 Å². The van der Waals surface area contributed by atoms with E-state index in [4.69, 9.17) is 5.73 Å². The van der Waals surface area contributed by atoms with Crippen molar-refractivity contribution in [3.8, 4) is 0 Å². The number of carbonyl (C=O) groups is 1. The van der Waals surface area contributed by atoms with Crippen molar-refractivity contribution in [2.45, 2.75) is 19.4 Å². The molecule has 2 N–H and O–H groups in total. The minimum Gasteiger partial charge on any atom is -0.339 e. The lowest BCUT2D eigenvalue weighted by Crippen LogP contribution is -2.50. The summed E-state index contributed by atoms with van der Waals surface area (Å²) in [6.07, 6.45) is 1.13. The lowest BCUT2D eigenvalue weighted by Gasteiger charge is -2.34.